The van der Waals surface area contributed by atoms with Crippen molar-refractivity contribution in [3.8, 4) is 0 Å². The number of Topliss-reactive ketones (excluding diaryl/α,β-unsaturated/α-hetero) is 2. The van der Waals surface area contributed by atoms with E-state index >= 15 is 0 Å². The summed E-state index contributed by atoms with van der Waals surface area (Å²) in [5.41, 5.74) is -0.620. The fourth-order valence-electron chi connectivity index (χ4n) is 8.56. The summed E-state index contributed by atoms with van der Waals surface area (Å²) in [4.78, 5) is 25.8. The zero-order valence-electron chi connectivity index (χ0n) is 17.4. The first kappa shape index (κ1) is 19.2. The molecule has 5 nitrogen and oxygen atoms in total. The van der Waals surface area contributed by atoms with Gasteiger partial charge in [-0.15, -0.1) is 0 Å². The van der Waals surface area contributed by atoms with Gasteiger partial charge in [-0.3, -0.25) is 9.59 Å². The minimum Gasteiger partial charge on any atom is -0.393 e. The molecule has 4 aliphatic carbocycles. The maximum Gasteiger partial charge on any atom is 0.175 e. The Morgan fingerprint density at radius 2 is 1.79 bits per heavy atom. The van der Waals surface area contributed by atoms with Gasteiger partial charge in [-0.1, -0.05) is 13.8 Å². The SMILES string of the molecule is CC(=O)[C@H]1CC[C@H]2[C@H]3CC[C@H]4CC5(CC(=O)[C@]4(C)[C@@H]3[C@@H](O)C[C@]12C)OCCO5. The van der Waals surface area contributed by atoms with Gasteiger partial charge < -0.3 is 14.6 Å². The highest BCUT2D eigenvalue weighted by molar-refractivity contribution is 5.87. The van der Waals surface area contributed by atoms with Crippen molar-refractivity contribution >= 4 is 11.6 Å². The lowest BCUT2D eigenvalue weighted by molar-refractivity contribution is -0.231. The third-order valence-electron chi connectivity index (χ3n) is 9.73. The molecule has 5 heteroatoms. The molecule has 0 radical (unpaired) electrons. The van der Waals surface area contributed by atoms with Crippen LogP contribution in [-0.4, -0.2) is 41.8 Å². The number of ether oxygens (including phenoxy) is 2. The van der Waals surface area contributed by atoms with Gasteiger partial charge in [0.1, 0.15) is 11.6 Å². The molecule has 5 fully saturated rings. The minimum atomic E-state index is -0.713. The Morgan fingerprint density at radius 3 is 2.46 bits per heavy atom. The molecule has 156 valence electrons. The van der Waals surface area contributed by atoms with Crippen LogP contribution < -0.4 is 0 Å². The van der Waals surface area contributed by atoms with Gasteiger partial charge in [-0.05, 0) is 62.2 Å². The largest absolute Gasteiger partial charge is 0.393 e. The molecule has 5 aliphatic rings. The molecule has 0 aromatic rings. The Hall–Kier alpha value is -0.780. The van der Waals surface area contributed by atoms with Crippen molar-refractivity contribution in [2.45, 2.75) is 77.6 Å². The predicted octanol–water partition coefficient (Wildman–Crippen LogP) is 3.13. The van der Waals surface area contributed by atoms with Crippen LogP contribution in [0.15, 0.2) is 0 Å². The topological polar surface area (TPSA) is 72.8 Å². The molecule has 1 N–H and O–H groups in total. The maximum atomic E-state index is 13.5. The molecule has 0 unspecified atom stereocenters. The number of carbonyl (C=O) groups is 2. The molecule has 0 aromatic carbocycles. The van der Waals surface area contributed by atoms with E-state index in [4.69, 9.17) is 9.47 Å². The van der Waals surface area contributed by atoms with Crippen molar-refractivity contribution in [2.75, 3.05) is 13.2 Å². The summed E-state index contributed by atoms with van der Waals surface area (Å²) >= 11 is 0. The highest BCUT2D eigenvalue weighted by Gasteiger charge is 2.67. The number of carbonyl (C=O) groups excluding carboxylic acids is 2. The summed E-state index contributed by atoms with van der Waals surface area (Å²) in [5, 5.41) is 11.4. The molecule has 1 spiro atoms. The van der Waals surface area contributed by atoms with E-state index in [1.807, 2.05) is 0 Å². The van der Waals surface area contributed by atoms with E-state index in [1.54, 1.807) is 6.92 Å². The maximum absolute atomic E-state index is 13.5. The monoisotopic (exact) mass is 390 g/mol. The van der Waals surface area contributed by atoms with Gasteiger partial charge >= 0.3 is 0 Å². The Bertz CT molecular complexity index is 697. The van der Waals surface area contributed by atoms with Crippen molar-refractivity contribution < 1.29 is 24.2 Å². The molecule has 0 amide bonds. The van der Waals surface area contributed by atoms with Crippen LogP contribution in [0.4, 0.5) is 0 Å². The van der Waals surface area contributed by atoms with E-state index in [1.165, 1.54) is 0 Å². The van der Waals surface area contributed by atoms with E-state index in [2.05, 4.69) is 13.8 Å². The van der Waals surface area contributed by atoms with E-state index in [9.17, 15) is 14.7 Å². The third-order valence-corrected chi connectivity index (χ3v) is 9.73. The summed E-state index contributed by atoms with van der Waals surface area (Å²) in [6.07, 6.45) is 5.24. The number of fused-ring (bicyclic) bond motifs is 5. The number of aliphatic hydroxyl groups excluding tert-OH is 1. The highest BCUT2D eigenvalue weighted by atomic mass is 16.7. The van der Waals surface area contributed by atoms with Crippen molar-refractivity contribution in [1.29, 1.82) is 0 Å². The van der Waals surface area contributed by atoms with Gasteiger partial charge in [0.2, 0.25) is 0 Å². The first-order chi connectivity index (χ1) is 13.2. The zero-order chi connectivity index (χ0) is 19.9. The summed E-state index contributed by atoms with van der Waals surface area (Å²) in [6.45, 7) is 7.18. The van der Waals surface area contributed by atoms with Crippen LogP contribution in [0.2, 0.25) is 0 Å². The van der Waals surface area contributed by atoms with E-state index in [0.717, 1.165) is 32.1 Å². The molecular formula is C23H34O5. The molecule has 4 saturated carbocycles. The Balaban J connectivity index is 1.49. The second-order valence-corrected chi connectivity index (χ2v) is 10.8. The lowest BCUT2D eigenvalue weighted by Crippen LogP contribution is -2.64. The molecule has 1 heterocycles. The molecule has 0 bridgehead atoms. The minimum absolute atomic E-state index is 0.00119. The highest BCUT2D eigenvalue weighted by Crippen LogP contribution is 2.67. The number of aliphatic hydroxyl groups is 1. The standard InChI is InChI=1S/C23H34O5/c1-13(24)16-6-7-17-15-5-4-14-10-23(27-8-9-28-23)12-19(26)22(14,3)20(15)18(25)11-21(16,17)2/h14-18,20,25H,4-12H2,1-3H3/t14-,15+,16+,17-,18-,20-,21+,22+/m0/s1. The van der Waals surface area contributed by atoms with Gasteiger partial charge in [-0.25, -0.2) is 0 Å². The fourth-order valence-corrected chi connectivity index (χ4v) is 8.56. The lowest BCUT2D eigenvalue weighted by Gasteiger charge is -2.62. The molecule has 8 atom stereocenters. The molecule has 0 aromatic heterocycles. The van der Waals surface area contributed by atoms with E-state index < -0.39 is 17.3 Å². The van der Waals surface area contributed by atoms with Gasteiger partial charge in [0.25, 0.3) is 0 Å². The van der Waals surface area contributed by atoms with Crippen LogP contribution in [-0.2, 0) is 19.1 Å². The molecule has 1 aliphatic heterocycles. The van der Waals surface area contributed by atoms with Gasteiger partial charge in [0.05, 0.1) is 25.7 Å². The predicted molar refractivity (Wildman–Crippen MR) is 102 cm³/mol. The zero-order valence-corrected chi connectivity index (χ0v) is 17.4. The van der Waals surface area contributed by atoms with Gasteiger partial charge in [0, 0.05) is 23.7 Å². The Morgan fingerprint density at radius 1 is 1.07 bits per heavy atom. The first-order valence-electron chi connectivity index (χ1n) is 11.2. The Kier molecular flexibility index (Phi) is 4.19. The second-order valence-electron chi connectivity index (χ2n) is 10.8. The van der Waals surface area contributed by atoms with Gasteiger partial charge in [-0.2, -0.15) is 0 Å². The molecule has 5 rings (SSSR count). The summed E-state index contributed by atoms with van der Waals surface area (Å²) in [6, 6.07) is 0. The normalized spacial score (nSPS) is 52.2. The van der Waals surface area contributed by atoms with Crippen LogP contribution in [0.1, 0.15) is 65.7 Å². The van der Waals surface area contributed by atoms with Crippen LogP contribution in [0.5, 0.6) is 0 Å². The molecular weight excluding hydrogens is 356 g/mol. The smallest absolute Gasteiger partial charge is 0.175 e. The molecule has 1 saturated heterocycles. The molecule has 28 heavy (non-hydrogen) atoms. The number of hydrogen-bond donors (Lipinski definition) is 1. The van der Waals surface area contributed by atoms with Crippen molar-refractivity contribution in [1.82, 2.24) is 0 Å². The van der Waals surface area contributed by atoms with Gasteiger partial charge in [0.15, 0.2) is 5.79 Å². The Labute approximate surface area is 167 Å². The van der Waals surface area contributed by atoms with Crippen molar-refractivity contribution in [3.05, 3.63) is 0 Å². The van der Waals surface area contributed by atoms with Crippen LogP contribution in [0, 0.1) is 40.4 Å². The average Bonchev–Trinajstić information content (AvgIpc) is 3.20. The van der Waals surface area contributed by atoms with Crippen LogP contribution in [0.3, 0.4) is 0 Å². The van der Waals surface area contributed by atoms with Crippen LogP contribution in [0.25, 0.3) is 0 Å². The second kappa shape index (κ2) is 6.12. The summed E-state index contributed by atoms with van der Waals surface area (Å²) in [5.74, 6) is 0.807. The summed E-state index contributed by atoms with van der Waals surface area (Å²) in [7, 11) is 0. The van der Waals surface area contributed by atoms with Crippen molar-refractivity contribution in [3.63, 3.8) is 0 Å². The van der Waals surface area contributed by atoms with E-state index in [0.29, 0.717) is 37.9 Å². The fraction of sp³-hybridized carbons (Fsp3) is 0.913. The lowest BCUT2D eigenvalue weighted by atomic mass is 9.43. The average molecular weight is 391 g/mol. The number of rotatable bonds is 1. The van der Waals surface area contributed by atoms with E-state index in [-0.39, 0.29) is 34.7 Å². The third kappa shape index (κ3) is 2.36. The van der Waals surface area contributed by atoms with Crippen LogP contribution >= 0.6 is 0 Å². The first-order valence-corrected chi connectivity index (χ1v) is 11.2. The number of ketones is 2. The quantitative estimate of drug-likeness (QED) is 0.745. The van der Waals surface area contributed by atoms with Crippen molar-refractivity contribution in [2.24, 2.45) is 40.4 Å². The number of hydrogen-bond acceptors (Lipinski definition) is 5. The summed E-state index contributed by atoms with van der Waals surface area (Å²) < 4.78 is 11.8.